The van der Waals surface area contributed by atoms with Crippen molar-refractivity contribution in [2.75, 3.05) is 0 Å². The van der Waals surface area contributed by atoms with Crippen molar-refractivity contribution in [1.29, 1.82) is 0 Å². The van der Waals surface area contributed by atoms with Gasteiger partial charge in [-0.1, -0.05) is 37.3 Å². The van der Waals surface area contributed by atoms with Gasteiger partial charge in [0.05, 0.1) is 16.2 Å². The van der Waals surface area contributed by atoms with Crippen LogP contribution >= 0.6 is 0 Å². The molecule has 0 saturated heterocycles. The first-order valence-corrected chi connectivity index (χ1v) is 7.72. The molecule has 2 rings (SSSR count). The molecule has 0 unspecified atom stereocenters. The van der Waals surface area contributed by atoms with Crippen LogP contribution in [-0.2, 0) is 9.84 Å². The molecule has 0 bridgehead atoms. The maximum Gasteiger partial charge on any atom is 0.185 e. The molecular formula is C14H18O3S. The number of rotatable bonds is 2. The highest BCUT2D eigenvalue weighted by atomic mass is 32.2. The van der Waals surface area contributed by atoms with E-state index in [1.54, 1.807) is 43.3 Å². The Bertz CT molecular complexity index is 519. The second-order valence-electron chi connectivity index (χ2n) is 4.75. The highest BCUT2D eigenvalue weighted by molar-refractivity contribution is 7.92. The highest BCUT2D eigenvalue weighted by Gasteiger charge is 2.34. The van der Waals surface area contributed by atoms with Crippen molar-refractivity contribution in [3.05, 3.63) is 42.5 Å². The van der Waals surface area contributed by atoms with Gasteiger partial charge in [-0.25, -0.2) is 8.42 Å². The maximum absolute atomic E-state index is 12.5. The lowest BCUT2D eigenvalue weighted by atomic mass is 10.00. The van der Waals surface area contributed by atoms with E-state index >= 15 is 0 Å². The molecule has 0 aliphatic heterocycles. The lowest BCUT2D eigenvalue weighted by molar-refractivity contribution is 0.113. The molecule has 0 fully saturated rings. The average Bonchev–Trinajstić information content (AvgIpc) is 2.54. The van der Waals surface area contributed by atoms with E-state index < -0.39 is 21.2 Å². The van der Waals surface area contributed by atoms with Crippen LogP contribution < -0.4 is 0 Å². The van der Waals surface area contributed by atoms with Crippen LogP contribution in [0.25, 0.3) is 0 Å². The van der Waals surface area contributed by atoms with Gasteiger partial charge in [0, 0.05) is 5.92 Å². The van der Waals surface area contributed by atoms with Crippen LogP contribution in [0.4, 0.5) is 0 Å². The van der Waals surface area contributed by atoms with E-state index in [0.717, 1.165) is 6.42 Å². The van der Waals surface area contributed by atoms with Crippen molar-refractivity contribution in [2.24, 2.45) is 5.92 Å². The summed E-state index contributed by atoms with van der Waals surface area (Å²) >= 11 is 0. The van der Waals surface area contributed by atoms with Gasteiger partial charge < -0.3 is 5.11 Å². The topological polar surface area (TPSA) is 54.4 Å². The third kappa shape index (κ3) is 2.49. The van der Waals surface area contributed by atoms with E-state index in [1.165, 1.54) is 0 Å². The molecule has 3 atom stereocenters. The van der Waals surface area contributed by atoms with Crippen molar-refractivity contribution < 1.29 is 13.5 Å². The molecule has 3 nitrogen and oxygen atoms in total. The molecule has 4 heteroatoms. The number of benzene rings is 1. The predicted octanol–water partition coefficient (Wildman–Crippen LogP) is 2.18. The second kappa shape index (κ2) is 5.24. The van der Waals surface area contributed by atoms with Crippen molar-refractivity contribution in [3.63, 3.8) is 0 Å². The molecular weight excluding hydrogens is 248 g/mol. The largest absolute Gasteiger partial charge is 0.393 e. The smallest absolute Gasteiger partial charge is 0.185 e. The summed E-state index contributed by atoms with van der Waals surface area (Å²) in [6, 6.07) is 8.43. The van der Waals surface area contributed by atoms with Crippen molar-refractivity contribution in [1.82, 2.24) is 0 Å². The summed E-state index contributed by atoms with van der Waals surface area (Å²) in [5.74, 6) is -0.283. The predicted molar refractivity (Wildman–Crippen MR) is 71.0 cm³/mol. The first-order chi connectivity index (χ1) is 8.53. The standard InChI is InChI=1S/C14H18O3S/c1-11-13(15)9-5-6-10-14(11)18(16,17)12-7-3-2-4-8-12/h2-4,6-8,10-11,13-15H,5,9H2,1H3/t11-,13+,14+/m1/s1. The zero-order valence-corrected chi connectivity index (χ0v) is 11.2. The Balaban J connectivity index is 2.40. The number of aliphatic hydroxyl groups excluding tert-OH is 1. The first kappa shape index (κ1) is 13.3. The summed E-state index contributed by atoms with van der Waals surface area (Å²) in [5.41, 5.74) is 0. The van der Waals surface area contributed by atoms with Crippen LogP contribution in [0.2, 0.25) is 0 Å². The minimum absolute atomic E-state index is 0.283. The summed E-state index contributed by atoms with van der Waals surface area (Å²) in [6.07, 6.45) is 4.37. The summed E-state index contributed by atoms with van der Waals surface area (Å²) in [5, 5.41) is 9.29. The Morgan fingerprint density at radius 2 is 1.89 bits per heavy atom. The summed E-state index contributed by atoms with van der Waals surface area (Å²) in [6.45, 7) is 1.80. The molecule has 0 spiro atoms. The molecule has 0 heterocycles. The fourth-order valence-electron chi connectivity index (χ4n) is 2.31. The number of sulfone groups is 1. The van der Waals surface area contributed by atoms with Crippen LogP contribution in [0.1, 0.15) is 19.8 Å². The van der Waals surface area contributed by atoms with Gasteiger partial charge in [0.15, 0.2) is 9.84 Å². The number of hydrogen-bond donors (Lipinski definition) is 1. The second-order valence-corrected chi connectivity index (χ2v) is 6.86. The third-order valence-electron chi connectivity index (χ3n) is 3.51. The van der Waals surface area contributed by atoms with Gasteiger partial charge in [-0.3, -0.25) is 0 Å². The number of aliphatic hydroxyl groups is 1. The van der Waals surface area contributed by atoms with E-state index in [-0.39, 0.29) is 5.92 Å². The molecule has 1 aliphatic rings. The van der Waals surface area contributed by atoms with E-state index in [1.807, 2.05) is 6.08 Å². The van der Waals surface area contributed by atoms with E-state index in [2.05, 4.69) is 0 Å². The molecule has 0 aromatic heterocycles. The summed E-state index contributed by atoms with van der Waals surface area (Å²) < 4.78 is 25.1. The Labute approximate surface area is 108 Å². The van der Waals surface area contributed by atoms with Gasteiger partial charge in [0.1, 0.15) is 0 Å². The van der Waals surface area contributed by atoms with Gasteiger partial charge in [-0.15, -0.1) is 0 Å². The van der Waals surface area contributed by atoms with E-state index in [4.69, 9.17) is 0 Å². The lowest BCUT2D eigenvalue weighted by Crippen LogP contribution is -2.33. The van der Waals surface area contributed by atoms with Crippen LogP contribution in [0.15, 0.2) is 47.4 Å². The fraction of sp³-hybridized carbons (Fsp3) is 0.429. The van der Waals surface area contributed by atoms with E-state index in [9.17, 15) is 13.5 Å². The van der Waals surface area contributed by atoms with Gasteiger partial charge >= 0.3 is 0 Å². The van der Waals surface area contributed by atoms with Gasteiger partial charge in [-0.05, 0) is 25.0 Å². The van der Waals surface area contributed by atoms with Gasteiger partial charge in [0.2, 0.25) is 0 Å². The third-order valence-corrected chi connectivity index (χ3v) is 5.74. The van der Waals surface area contributed by atoms with Gasteiger partial charge in [0.25, 0.3) is 0 Å². The monoisotopic (exact) mass is 266 g/mol. The maximum atomic E-state index is 12.5. The first-order valence-electron chi connectivity index (χ1n) is 6.17. The Morgan fingerprint density at radius 3 is 2.56 bits per heavy atom. The average molecular weight is 266 g/mol. The van der Waals surface area contributed by atoms with E-state index in [0.29, 0.717) is 11.3 Å². The lowest BCUT2D eigenvalue weighted by Gasteiger charge is -2.23. The minimum Gasteiger partial charge on any atom is -0.393 e. The normalized spacial score (nSPS) is 28.9. The molecule has 0 radical (unpaired) electrons. The minimum atomic E-state index is -3.41. The Hall–Kier alpha value is -1.13. The van der Waals surface area contributed by atoms with Crippen LogP contribution in [0.5, 0.6) is 0 Å². The molecule has 1 aromatic carbocycles. The number of allylic oxidation sites excluding steroid dienone is 1. The quantitative estimate of drug-likeness (QED) is 0.835. The highest BCUT2D eigenvalue weighted by Crippen LogP contribution is 2.28. The van der Waals surface area contributed by atoms with Crippen molar-refractivity contribution >= 4 is 9.84 Å². The molecule has 98 valence electrons. The zero-order chi connectivity index (χ0) is 13.2. The Kier molecular flexibility index (Phi) is 3.88. The summed E-state index contributed by atoms with van der Waals surface area (Å²) in [7, 11) is -3.41. The summed E-state index contributed by atoms with van der Waals surface area (Å²) in [4.78, 5) is 0.320. The van der Waals surface area contributed by atoms with Gasteiger partial charge in [-0.2, -0.15) is 0 Å². The molecule has 0 saturated carbocycles. The molecule has 18 heavy (non-hydrogen) atoms. The molecule has 0 amide bonds. The Morgan fingerprint density at radius 1 is 1.22 bits per heavy atom. The van der Waals surface area contributed by atoms with Crippen LogP contribution in [-0.4, -0.2) is 24.9 Å². The number of hydrogen-bond acceptors (Lipinski definition) is 3. The van der Waals surface area contributed by atoms with Crippen molar-refractivity contribution in [2.45, 2.75) is 36.0 Å². The molecule has 1 aromatic rings. The van der Waals surface area contributed by atoms with Crippen LogP contribution in [0, 0.1) is 5.92 Å². The molecule has 1 aliphatic carbocycles. The molecule has 1 N–H and O–H groups in total. The fourth-order valence-corrected chi connectivity index (χ4v) is 4.22. The van der Waals surface area contributed by atoms with Crippen molar-refractivity contribution in [3.8, 4) is 0 Å². The van der Waals surface area contributed by atoms with Crippen LogP contribution in [0.3, 0.4) is 0 Å². The zero-order valence-electron chi connectivity index (χ0n) is 10.4. The SMILES string of the molecule is C[C@@H]1[C@@H](O)CCC=C[C@@H]1S(=O)(=O)c1ccccc1.